The molecule has 0 spiro atoms. The van der Waals surface area contributed by atoms with Gasteiger partial charge in [0.05, 0.1) is 5.75 Å². The van der Waals surface area contributed by atoms with Crippen LogP contribution in [0.1, 0.15) is 37.5 Å². The smallest absolute Gasteiger partial charge is 0.243 e. The maximum atomic E-state index is 13.6. The van der Waals surface area contributed by atoms with E-state index in [1.165, 1.54) is 5.56 Å². The Balaban J connectivity index is 1.87. The highest BCUT2D eigenvalue weighted by atomic mass is 79.9. The van der Waals surface area contributed by atoms with E-state index in [1.807, 2.05) is 93.6 Å². The number of carbonyl (C=O) groups is 2. The van der Waals surface area contributed by atoms with Crippen LogP contribution in [0, 0.1) is 0 Å². The standard InChI is InChI=1S/C29H33BrN2O2S/c1-29(2,3)31-28(34)26(18-22-11-6-4-7-12-22)32(19-24-15-10-16-25(30)17-24)27(33)21-35-20-23-13-8-5-9-14-23/h4-17,26H,18-21H2,1-3H3,(H,31,34). The predicted octanol–water partition coefficient (Wildman–Crippen LogP) is 6.24. The molecule has 3 aromatic rings. The summed E-state index contributed by atoms with van der Waals surface area (Å²) in [6.07, 6.45) is 0.450. The van der Waals surface area contributed by atoms with Gasteiger partial charge in [0.25, 0.3) is 0 Å². The lowest BCUT2D eigenvalue weighted by molar-refractivity contribution is -0.140. The highest BCUT2D eigenvalue weighted by Crippen LogP contribution is 2.20. The van der Waals surface area contributed by atoms with Gasteiger partial charge in [0, 0.05) is 28.7 Å². The molecule has 0 aliphatic heterocycles. The normalized spacial score (nSPS) is 12.1. The number of halogens is 1. The molecular formula is C29H33BrN2O2S. The quantitative estimate of drug-likeness (QED) is 0.324. The summed E-state index contributed by atoms with van der Waals surface area (Å²) < 4.78 is 0.944. The van der Waals surface area contributed by atoms with Crippen molar-refractivity contribution < 1.29 is 9.59 Å². The number of amides is 2. The molecule has 2 amide bonds. The molecule has 0 radical (unpaired) electrons. The molecule has 0 aromatic heterocycles. The molecule has 0 aliphatic carbocycles. The number of nitrogens with zero attached hydrogens (tertiary/aromatic N) is 1. The summed E-state index contributed by atoms with van der Waals surface area (Å²) in [6, 6.07) is 27.3. The molecule has 35 heavy (non-hydrogen) atoms. The summed E-state index contributed by atoms with van der Waals surface area (Å²) in [5, 5.41) is 3.11. The van der Waals surface area contributed by atoms with Crippen LogP contribution < -0.4 is 5.32 Å². The van der Waals surface area contributed by atoms with Gasteiger partial charge in [0.2, 0.25) is 11.8 Å². The van der Waals surface area contributed by atoms with E-state index in [-0.39, 0.29) is 11.8 Å². The molecule has 0 saturated carbocycles. The first-order valence-electron chi connectivity index (χ1n) is 11.7. The van der Waals surface area contributed by atoms with E-state index in [9.17, 15) is 9.59 Å². The molecule has 0 saturated heterocycles. The van der Waals surface area contributed by atoms with Crippen molar-refractivity contribution in [3.05, 3.63) is 106 Å². The Bertz CT molecular complexity index is 1100. The van der Waals surface area contributed by atoms with E-state index in [2.05, 4.69) is 33.4 Å². The van der Waals surface area contributed by atoms with Crippen molar-refractivity contribution in [1.82, 2.24) is 10.2 Å². The average molecular weight is 554 g/mol. The molecule has 1 atom stereocenters. The topological polar surface area (TPSA) is 49.4 Å². The van der Waals surface area contributed by atoms with E-state index in [1.54, 1.807) is 16.7 Å². The molecular weight excluding hydrogens is 520 g/mol. The lowest BCUT2D eigenvalue weighted by Gasteiger charge is -2.34. The Morgan fingerprint density at radius 3 is 2.09 bits per heavy atom. The Labute approximate surface area is 221 Å². The van der Waals surface area contributed by atoms with Crippen molar-refractivity contribution in [3.8, 4) is 0 Å². The lowest BCUT2D eigenvalue weighted by atomic mass is 10.0. The monoisotopic (exact) mass is 552 g/mol. The Kier molecular flexibility index (Phi) is 9.99. The number of thioether (sulfide) groups is 1. The third-order valence-electron chi connectivity index (χ3n) is 5.35. The summed E-state index contributed by atoms with van der Waals surface area (Å²) in [6.45, 7) is 6.24. The van der Waals surface area contributed by atoms with Crippen LogP contribution in [0.25, 0.3) is 0 Å². The van der Waals surface area contributed by atoms with Crippen LogP contribution in [0.3, 0.4) is 0 Å². The number of hydrogen-bond donors (Lipinski definition) is 1. The first-order valence-corrected chi connectivity index (χ1v) is 13.7. The Hall–Kier alpha value is -2.57. The van der Waals surface area contributed by atoms with Gasteiger partial charge in [-0.1, -0.05) is 88.7 Å². The van der Waals surface area contributed by atoms with Crippen molar-refractivity contribution >= 4 is 39.5 Å². The lowest BCUT2D eigenvalue weighted by Crippen LogP contribution is -2.54. The Morgan fingerprint density at radius 2 is 1.49 bits per heavy atom. The molecule has 0 fully saturated rings. The van der Waals surface area contributed by atoms with Crippen molar-refractivity contribution in [2.45, 2.75) is 51.1 Å². The van der Waals surface area contributed by atoms with Gasteiger partial charge in [-0.25, -0.2) is 0 Å². The van der Waals surface area contributed by atoms with Crippen LogP contribution in [0.15, 0.2) is 89.4 Å². The van der Waals surface area contributed by atoms with E-state index in [0.717, 1.165) is 21.4 Å². The van der Waals surface area contributed by atoms with E-state index in [0.29, 0.717) is 18.7 Å². The van der Waals surface area contributed by atoms with Crippen molar-refractivity contribution in [2.75, 3.05) is 5.75 Å². The molecule has 6 heteroatoms. The van der Waals surface area contributed by atoms with Gasteiger partial charge >= 0.3 is 0 Å². The minimum atomic E-state index is -0.625. The predicted molar refractivity (Wildman–Crippen MR) is 149 cm³/mol. The highest BCUT2D eigenvalue weighted by molar-refractivity contribution is 9.10. The molecule has 184 valence electrons. The minimum Gasteiger partial charge on any atom is -0.350 e. The zero-order valence-electron chi connectivity index (χ0n) is 20.5. The molecule has 1 unspecified atom stereocenters. The van der Waals surface area contributed by atoms with Gasteiger partial charge in [-0.2, -0.15) is 0 Å². The van der Waals surface area contributed by atoms with Gasteiger partial charge in [-0.05, 0) is 49.6 Å². The fraction of sp³-hybridized carbons (Fsp3) is 0.310. The van der Waals surface area contributed by atoms with Gasteiger partial charge in [0.15, 0.2) is 0 Å². The summed E-state index contributed by atoms with van der Waals surface area (Å²) >= 11 is 5.10. The van der Waals surface area contributed by atoms with Crippen LogP contribution in [0.5, 0.6) is 0 Å². The molecule has 0 bridgehead atoms. The van der Waals surface area contributed by atoms with Crippen LogP contribution >= 0.6 is 27.7 Å². The highest BCUT2D eigenvalue weighted by Gasteiger charge is 2.32. The van der Waals surface area contributed by atoms with Crippen LogP contribution in [0.4, 0.5) is 0 Å². The first-order chi connectivity index (χ1) is 16.7. The molecule has 3 aromatic carbocycles. The number of benzene rings is 3. The molecule has 4 nitrogen and oxygen atoms in total. The van der Waals surface area contributed by atoms with Crippen LogP contribution in [0.2, 0.25) is 0 Å². The third-order valence-corrected chi connectivity index (χ3v) is 6.83. The maximum Gasteiger partial charge on any atom is 0.243 e. The van der Waals surface area contributed by atoms with E-state index in [4.69, 9.17) is 0 Å². The number of carbonyl (C=O) groups excluding carboxylic acids is 2. The van der Waals surface area contributed by atoms with E-state index >= 15 is 0 Å². The SMILES string of the molecule is CC(C)(C)NC(=O)C(Cc1ccccc1)N(Cc1cccc(Br)c1)C(=O)CSCc1ccccc1. The first kappa shape index (κ1) is 27.0. The van der Waals surface area contributed by atoms with E-state index < -0.39 is 11.6 Å². The second-order valence-electron chi connectivity index (χ2n) is 9.57. The zero-order valence-corrected chi connectivity index (χ0v) is 22.9. The van der Waals surface area contributed by atoms with Crippen molar-refractivity contribution in [3.63, 3.8) is 0 Å². The second-order valence-corrected chi connectivity index (χ2v) is 11.5. The van der Waals surface area contributed by atoms with Crippen molar-refractivity contribution in [2.24, 2.45) is 0 Å². The van der Waals surface area contributed by atoms with Gasteiger partial charge in [-0.15, -0.1) is 11.8 Å². The molecule has 3 rings (SSSR count). The minimum absolute atomic E-state index is 0.0455. The largest absolute Gasteiger partial charge is 0.350 e. The zero-order chi connectivity index (χ0) is 25.3. The van der Waals surface area contributed by atoms with Crippen molar-refractivity contribution in [1.29, 1.82) is 0 Å². The Morgan fingerprint density at radius 1 is 0.886 bits per heavy atom. The number of rotatable bonds is 10. The molecule has 0 heterocycles. The van der Waals surface area contributed by atoms with Gasteiger partial charge in [-0.3, -0.25) is 9.59 Å². The summed E-state index contributed by atoms with van der Waals surface area (Å²) in [5.41, 5.74) is 2.77. The van der Waals surface area contributed by atoms with Crippen LogP contribution in [-0.4, -0.2) is 34.0 Å². The number of hydrogen-bond acceptors (Lipinski definition) is 3. The van der Waals surface area contributed by atoms with Gasteiger partial charge < -0.3 is 10.2 Å². The fourth-order valence-corrected chi connectivity index (χ4v) is 5.07. The molecule has 1 N–H and O–H groups in total. The summed E-state index contributed by atoms with van der Waals surface area (Å²) in [5.74, 6) is 0.861. The number of nitrogens with one attached hydrogen (secondary N) is 1. The molecule has 0 aliphatic rings. The second kappa shape index (κ2) is 12.9. The average Bonchev–Trinajstić information content (AvgIpc) is 2.81. The summed E-state index contributed by atoms with van der Waals surface area (Å²) in [4.78, 5) is 28.9. The van der Waals surface area contributed by atoms with Gasteiger partial charge in [0.1, 0.15) is 6.04 Å². The summed E-state index contributed by atoms with van der Waals surface area (Å²) in [7, 11) is 0. The third kappa shape index (κ3) is 9.19. The maximum absolute atomic E-state index is 13.6. The fourth-order valence-electron chi connectivity index (χ4n) is 3.75. The van der Waals surface area contributed by atoms with Crippen LogP contribution in [-0.2, 0) is 28.3 Å².